The number of carbonyl (C=O) groups excluding carboxylic acids is 2. The van der Waals surface area contributed by atoms with Crippen molar-refractivity contribution < 1.29 is 29.4 Å². The van der Waals surface area contributed by atoms with Gasteiger partial charge in [0.2, 0.25) is 11.8 Å². The molecule has 0 radical (unpaired) electrons. The van der Waals surface area contributed by atoms with E-state index in [4.69, 9.17) is 0 Å². The molecular weight excluding hydrogens is 1090 g/mol. The molecule has 1 aliphatic rings. The number of rotatable bonds is 40. The van der Waals surface area contributed by atoms with E-state index >= 15 is 9.59 Å². The Morgan fingerprint density at radius 1 is 0.470 bits per heavy atom. The highest BCUT2D eigenvalue weighted by atomic mass is 79.9. The number of amides is 2. The van der Waals surface area contributed by atoms with Gasteiger partial charge in [0, 0.05) is 22.0 Å². The molecule has 0 aliphatic heterocycles. The molecule has 0 aromatic heterocycles. The second-order valence-electron chi connectivity index (χ2n) is 19.3. The van der Waals surface area contributed by atoms with Crippen LogP contribution in [0.2, 0.25) is 0 Å². The first-order chi connectivity index (χ1) is 31.8. The third-order valence-electron chi connectivity index (χ3n) is 13.8. The van der Waals surface area contributed by atoms with Crippen molar-refractivity contribution in [3.05, 3.63) is 31.5 Å². The zero-order valence-corrected chi connectivity index (χ0v) is 47.7. The van der Waals surface area contributed by atoms with Crippen LogP contribution in [0.4, 0.5) is 0 Å². The van der Waals surface area contributed by atoms with Crippen molar-refractivity contribution in [1.29, 1.82) is 0 Å². The van der Waals surface area contributed by atoms with Crippen LogP contribution >= 0.6 is 63.7 Å². The van der Waals surface area contributed by atoms with Gasteiger partial charge in [-0.15, -0.1) is 0 Å². The molecule has 4 unspecified atom stereocenters. The summed E-state index contributed by atoms with van der Waals surface area (Å²) in [5.41, 5.74) is -0.673. The smallest absolute Gasteiger partial charge is 0.334 e. The van der Waals surface area contributed by atoms with Gasteiger partial charge in [-0.25, -0.2) is 4.79 Å². The van der Waals surface area contributed by atoms with Gasteiger partial charge in [-0.1, -0.05) is 239 Å². The molecule has 0 saturated heterocycles. The molecule has 0 heterocycles. The predicted octanol–water partition coefficient (Wildman–Crippen LogP) is 15.0. The van der Waals surface area contributed by atoms with Gasteiger partial charge in [0.05, 0.1) is 11.1 Å². The van der Waals surface area contributed by atoms with Gasteiger partial charge < -0.3 is 20.8 Å². The molecular formula is C54H88Br4N2O6. The van der Waals surface area contributed by atoms with Gasteiger partial charge in [-0.05, 0) is 91.9 Å². The molecule has 1 aromatic rings. The van der Waals surface area contributed by atoms with Gasteiger partial charge in [0.15, 0.2) is 8.65 Å². The molecule has 0 fully saturated rings. The van der Waals surface area contributed by atoms with Gasteiger partial charge in [0.25, 0.3) is 0 Å². The summed E-state index contributed by atoms with van der Waals surface area (Å²) in [7, 11) is 0. The van der Waals surface area contributed by atoms with Crippen molar-refractivity contribution >= 4 is 98.6 Å². The maximum Gasteiger partial charge on any atom is 0.334 e. The number of fused-ring (bicyclic) bond motifs is 1. The van der Waals surface area contributed by atoms with Crippen LogP contribution in [-0.4, -0.2) is 55.7 Å². The van der Waals surface area contributed by atoms with Crippen LogP contribution in [0, 0.1) is 11.8 Å². The number of unbranched alkanes of at least 4 members (excludes halogenated alkanes) is 24. The fourth-order valence-corrected chi connectivity index (χ4v) is 12.0. The summed E-state index contributed by atoms with van der Waals surface area (Å²) >= 11 is 14.1. The molecule has 0 saturated carbocycles. The first-order valence-corrected chi connectivity index (χ1v) is 29.6. The second-order valence-corrected chi connectivity index (χ2v) is 23.4. The van der Waals surface area contributed by atoms with Crippen LogP contribution in [0.25, 0.3) is 11.1 Å². The number of carboxylic acids is 2. The van der Waals surface area contributed by atoms with Crippen LogP contribution in [0.15, 0.2) is 21.1 Å². The number of alkyl halides is 2. The lowest BCUT2D eigenvalue weighted by atomic mass is 9.73. The van der Waals surface area contributed by atoms with Crippen molar-refractivity contribution in [1.82, 2.24) is 10.6 Å². The molecule has 2 amide bonds. The Morgan fingerprint density at radius 3 is 1.09 bits per heavy atom. The molecule has 8 nitrogen and oxygen atoms in total. The van der Waals surface area contributed by atoms with E-state index in [1.54, 1.807) is 6.07 Å². The standard InChI is InChI=1S/C54H88Br4N2O6/c1-5-9-13-17-21-23-27-31-34-41(33-29-25-19-15-11-7-3)39-59-49(61)47-43-37-45(55)46(56)38-44(43)48(50(62)63)54(58,52(65)66)53(47,57)51(64)60-40-42(35-30-26-20-16-12-8-4)36-32-28-24-22-18-14-10-6-2/h37-38,41-42H,5-36,39-40H2,1-4H3,(H,59,61)(H,60,64)(H,62,63)(H,65,66). The molecule has 2 rings (SSSR count). The Kier molecular flexibility index (Phi) is 32.2. The predicted molar refractivity (Wildman–Crippen MR) is 290 cm³/mol. The van der Waals surface area contributed by atoms with Gasteiger partial charge in [-0.3, -0.25) is 14.4 Å². The summed E-state index contributed by atoms with van der Waals surface area (Å²) in [4.78, 5) is 57.2. The maximum absolute atomic E-state index is 15.1. The summed E-state index contributed by atoms with van der Waals surface area (Å²) in [6.07, 6.45) is 37.0. The molecule has 1 aliphatic carbocycles. The molecule has 1 aromatic carbocycles. The SMILES string of the molecule is CCCCCCCCCCC(CCCCCCCC)CNC(=O)C1=c2cc(Br)c(Br)cc2=C(C(=O)O)C(Br)(C(=O)O)C1(Br)C(=O)NCC(CCCCCCCC)CCCCCCCCCC. The van der Waals surface area contributed by atoms with E-state index in [1.807, 2.05) is 0 Å². The highest BCUT2D eigenvalue weighted by Crippen LogP contribution is 2.51. The highest BCUT2D eigenvalue weighted by Gasteiger charge is 2.67. The number of benzene rings is 1. The van der Waals surface area contributed by atoms with E-state index in [1.165, 1.54) is 134 Å². The van der Waals surface area contributed by atoms with Gasteiger partial charge in [-0.2, -0.15) is 0 Å². The molecule has 0 bridgehead atoms. The van der Waals surface area contributed by atoms with Crippen molar-refractivity contribution in [2.45, 2.75) is 242 Å². The topological polar surface area (TPSA) is 133 Å². The number of carboxylic acid groups (broad SMARTS) is 2. The number of halogens is 4. The van der Waals surface area contributed by atoms with Crippen LogP contribution in [0.3, 0.4) is 0 Å². The monoisotopic (exact) mass is 1180 g/mol. The minimum Gasteiger partial charge on any atom is -0.480 e. The summed E-state index contributed by atoms with van der Waals surface area (Å²) in [5, 5.41) is 28.5. The minimum absolute atomic E-state index is 0.0445. The van der Waals surface area contributed by atoms with E-state index in [2.05, 4.69) is 102 Å². The van der Waals surface area contributed by atoms with Crippen LogP contribution < -0.4 is 21.1 Å². The molecule has 12 heteroatoms. The molecule has 378 valence electrons. The number of carbonyl (C=O) groups is 4. The lowest BCUT2D eigenvalue weighted by Crippen LogP contribution is -2.68. The zero-order chi connectivity index (χ0) is 48.8. The average molecular weight is 1180 g/mol. The van der Waals surface area contributed by atoms with Crippen molar-refractivity contribution in [2.24, 2.45) is 11.8 Å². The number of hydrogen-bond acceptors (Lipinski definition) is 4. The molecule has 4 N–H and O–H groups in total. The lowest BCUT2D eigenvalue weighted by molar-refractivity contribution is -0.142. The average Bonchev–Trinajstić information content (AvgIpc) is 3.28. The third kappa shape index (κ3) is 19.9. The van der Waals surface area contributed by atoms with E-state index in [-0.39, 0.29) is 34.4 Å². The first-order valence-electron chi connectivity index (χ1n) is 26.4. The fraction of sp³-hybridized carbons (Fsp3) is 0.778. The normalized spacial score (nSPS) is 17.9. The van der Waals surface area contributed by atoms with Gasteiger partial charge >= 0.3 is 11.9 Å². The molecule has 66 heavy (non-hydrogen) atoms. The Balaban J connectivity index is 2.55. The van der Waals surface area contributed by atoms with Crippen LogP contribution in [-0.2, 0) is 19.2 Å². The van der Waals surface area contributed by atoms with Crippen LogP contribution in [0.1, 0.15) is 233 Å². The summed E-state index contributed by atoms with van der Waals surface area (Å²) in [5.74, 6) is -4.13. The lowest BCUT2D eigenvalue weighted by Gasteiger charge is -2.42. The first kappa shape index (κ1) is 60.9. The largest absolute Gasteiger partial charge is 0.480 e. The molecule has 4 atom stereocenters. The molecule has 0 spiro atoms. The fourth-order valence-electron chi connectivity index (χ4n) is 9.68. The highest BCUT2D eigenvalue weighted by molar-refractivity contribution is 9.13. The second kappa shape index (κ2) is 35.0. The number of hydrogen-bond donors (Lipinski definition) is 4. The minimum atomic E-state index is -2.57. The van der Waals surface area contributed by atoms with E-state index in [0.717, 1.165) is 77.0 Å². The number of nitrogens with one attached hydrogen (secondary N) is 2. The third-order valence-corrected chi connectivity index (χ3v) is 18.8. The van der Waals surface area contributed by atoms with Crippen molar-refractivity contribution in [3.8, 4) is 0 Å². The quantitative estimate of drug-likeness (QED) is 0.0382. The summed E-state index contributed by atoms with van der Waals surface area (Å²) in [6.45, 7) is 9.55. The maximum atomic E-state index is 15.1. The van der Waals surface area contributed by atoms with Crippen molar-refractivity contribution in [3.63, 3.8) is 0 Å². The van der Waals surface area contributed by atoms with E-state index in [0.29, 0.717) is 15.5 Å². The number of aliphatic carboxylic acids is 2. The summed E-state index contributed by atoms with van der Waals surface area (Å²) in [6, 6.07) is 3.14. The Bertz CT molecular complexity index is 1720. The Morgan fingerprint density at radius 2 is 0.773 bits per heavy atom. The van der Waals surface area contributed by atoms with E-state index in [9.17, 15) is 19.8 Å². The van der Waals surface area contributed by atoms with Crippen LogP contribution in [0.5, 0.6) is 0 Å². The van der Waals surface area contributed by atoms with Crippen molar-refractivity contribution in [2.75, 3.05) is 13.1 Å². The Hall–Kier alpha value is -1.24. The Labute approximate surface area is 433 Å². The summed E-state index contributed by atoms with van der Waals surface area (Å²) < 4.78 is -3.90. The van der Waals surface area contributed by atoms with E-state index < -0.39 is 38.0 Å². The van der Waals surface area contributed by atoms with Gasteiger partial charge in [0.1, 0.15) is 0 Å². The zero-order valence-electron chi connectivity index (χ0n) is 41.4.